The van der Waals surface area contributed by atoms with Crippen LogP contribution in [0.15, 0.2) is 11.6 Å². The molecule has 0 fully saturated rings. The van der Waals surface area contributed by atoms with E-state index in [9.17, 15) is 0 Å². The Labute approximate surface area is 101 Å². The SMILES string of the molecule is CCCNCC(C(C)C)N1CCC=C(C)C1. The third kappa shape index (κ3) is 4.26. The first-order valence-corrected chi connectivity index (χ1v) is 6.75. The molecule has 1 aliphatic heterocycles. The Morgan fingerprint density at radius 1 is 1.44 bits per heavy atom. The number of hydrogen-bond donors (Lipinski definition) is 1. The largest absolute Gasteiger partial charge is 0.315 e. The molecule has 2 heteroatoms. The summed E-state index contributed by atoms with van der Waals surface area (Å²) in [6, 6.07) is 0.690. The maximum Gasteiger partial charge on any atom is 0.0247 e. The summed E-state index contributed by atoms with van der Waals surface area (Å²) in [5.41, 5.74) is 1.53. The zero-order valence-electron chi connectivity index (χ0n) is 11.4. The molecule has 0 amide bonds. The summed E-state index contributed by atoms with van der Waals surface area (Å²) in [4.78, 5) is 2.64. The molecule has 1 atom stereocenters. The summed E-state index contributed by atoms with van der Waals surface area (Å²) in [6.45, 7) is 13.8. The summed E-state index contributed by atoms with van der Waals surface area (Å²) in [5.74, 6) is 0.732. The van der Waals surface area contributed by atoms with E-state index in [0.717, 1.165) is 25.6 Å². The van der Waals surface area contributed by atoms with E-state index in [0.29, 0.717) is 6.04 Å². The fourth-order valence-corrected chi connectivity index (χ4v) is 2.44. The van der Waals surface area contributed by atoms with Crippen LogP contribution in [0.5, 0.6) is 0 Å². The Hall–Kier alpha value is -0.340. The van der Waals surface area contributed by atoms with E-state index in [-0.39, 0.29) is 0 Å². The van der Waals surface area contributed by atoms with Crippen LogP contribution in [0.1, 0.15) is 40.5 Å². The van der Waals surface area contributed by atoms with Gasteiger partial charge in [0.25, 0.3) is 0 Å². The van der Waals surface area contributed by atoms with Crippen LogP contribution in [0, 0.1) is 5.92 Å². The topological polar surface area (TPSA) is 15.3 Å². The minimum atomic E-state index is 0.690. The Morgan fingerprint density at radius 3 is 2.75 bits per heavy atom. The molecule has 1 N–H and O–H groups in total. The second kappa shape index (κ2) is 7.08. The Morgan fingerprint density at radius 2 is 2.19 bits per heavy atom. The molecule has 0 spiro atoms. The molecule has 0 bridgehead atoms. The van der Waals surface area contributed by atoms with E-state index < -0.39 is 0 Å². The molecule has 1 unspecified atom stereocenters. The Balaban J connectivity index is 2.46. The Bertz CT molecular complexity index is 221. The second-order valence-electron chi connectivity index (χ2n) is 5.33. The molecule has 0 saturated carbocycles. The molecule has 2 nitrogen and oxygen atoms in total. The lowest BCUT2D eigenvalue weighted by atomic mass is 9.99. The third-order valence-corrected chi connectivity index (χ3v) is 3.38. The van der Waals surface area contributed by atoms with Crippen LogP contribution in [0.2, 0.25) is 0 Å². The molecule has 94 valence electrons. The van der Waals surface area contributed by atoms with Crippen molar-refractivity contribution in [2.24, 2.45) is 5.92 Å². The van der Waals surface area contributed by atoms with Gasteiger partial charge in [0.05, 0.1) is 0 Å². The van der Waals surface area contributed by atoms with Gasteiger partial charge in [-0.25, -0.2) is 0 Å². The van der Waals surface area contributed by atoms with Crippen LogP contribution in [-0.4, -0.2) is 37.1 Å². The molecule has 0 aliphatic carbocycles. The molecule has 0 aromatic heterocycles. The first-order chi connectivity index (χ1) is 7.65. The third-order valence-electron chi connectivity index (χ3n) is 3.38. The van der Waals surface area contributed by atoms with Crippen LogP contribution >= 0.6 is 0 Å². The highest BCUT2D eigenvalue weighted by atomic mass is 15.2. The predicted octanol–water partition coefficient (Wildman–Crippen LogP) is 2.66. The average Bonchev–Trinajstić information content (AvgIpc) is 2.24. The molecule has 16 heavy (non-hydrogen) atoms. The van der Waals surface area contributed by atoms with Crippen LogP contribution in [0.4, 0.5) is 0 Å². The standard InChI is InChI=1S/C14H28N2/c1-5-8-15-10-14(12(2)3)16-9-6-7-13(4)11-16/h7,12,14-15H,5-6,8-11H2,1-4H3. The van der Waals surface area contributed by atoms with Crippen molar-refractivity contribution < 1.29 is 0 Å². The molecule has 1 aliphatic rings. The first kappa shape index (κ1) is 13.7. The maximum absolute atomic E-state index is 3.57. The van der Waals surface area contributed by atoms with Crippen LogP contribution in [0.3, 0.4) is 0 Å². The van der Waals surface area contributed by atoms with E-state index in [1.54, 1.807) is 0 Å². The highest BCUT2D eigenvalue weighted by Crippen LogP contribution is 2.16. The molecular weight excluding hydrogens is 196 g/mol. The van der Waals surface area contributed by atoms with Crippen molar-refractivity contribution in [3.63, 3.8) is 0 Å². The van der Waals surface area contributed by atoms with E-state index in [1.165, 1.54) is 25.0 Å². The highest BCUT2D eigenvalue weighted by Gasteiger charge is 2.22. The van der Waals surface area contributed by atoms with E-state index >= 15 is 0 Å². The van der Waals surface area contributed by atoms with Gasteiger partial charge in [0, 0.05) is 25.7 Å². The minimum Gasteiger partial charge on any atom is -0.315 e. The second-order valence-corrected chi connectivity index (χ2v) is 5.33. The monoisotopic (exact) mass is 224 g/mol. The normalized spacial score (nSPS) is 19.9. The quantitative estimate of drug-likeness (QED) is 0.551. The maximum atomic E-state index is 3.57. The van der Waals surface area contributed by atoms with Crippen LogP contribution in [0.25, 0.3) is 0 Å². The average molecular weight is 224 g/mol. The van der Waals surface area contributed by atoms with Crippen LogP contribution in [-0.2, 0) is 0 Å². The molecule has 1 rings (SSSR count). The van der Waals surface area contributed by atoms with Crippen molar-refractivity contribution in [3.05, 3.63) is 11.6 Å². The van der Waals surface area contributed by atoms with Crippen molar-refractivity contribution in [1.82, 2.24) is 10.2 Å². The van der Waals surface area contributed by atoms with Gasteiger partial charge in [-0.1, -0.05) is 32.4 Å². The van der Waals surface area contributed by atoms with E-state index in [2.05, 4.69) is 44.0 Å². The molecule has 0 aromatic carbocycles. The zero-order valence-corrected chi connectivity index (χ0v) is 11.4. The number of rotatable bonds is 6. The number of nitrogens with zero attached hydrogens (tertiary/aromatic N) is 1. The Kier molecular flexibility index (Phi) is 6.07. The van der Waals surface area contributed by atoms with Gasteiger partial charge in [0.2, 0.25) is 0 Å². The molecule has 1 heterocycles. The van der Waals surface area contributed by atoms with Crippen molar-refractivity contribution in [1.29, 1.82) is 0 Å². The van der Waals surface area contributed by atoms with Crippen molar-refractivity contribution in [2.75, 3.05) is 26.2 Å². The molecule has 0 radical (unpaired) electrons. The van der Waals surface area contributed by atoms with Gasteiger partial charge in [0.15, 0.2) is 0 Å². The lowest BCUT2D eigenvalue weighted by Crippen LogP contribution is -2.47. The first-order valence-electron chi connectivity index (χ1n) is 6.75. The summed E-state index contributed by atoms with van der Waals surface area (Å²) < 4.78 is 0. The van der Waals surface area contributed by atoms with Crippen molar-refractivity contribution >= 4 is 0 Å². The molecular formula is C14H28N2. The number of hydrogen-bond acceptors (Lipinski definition) is 2. The number of nitrogens with one attached hydrogen (secondary N) is 1. The lowest BCUT2D eigenvalue weighted by Gasteiger charge is -2.36. The summed E-state index contributed by atoms with van der Waals surface area (Å²) in [5, 5.41) is 3.57. The zero-order chi connectivity index (χ0) is 12.0. The van der Waals surface area contributed by atoms with Gasteiger partial charge in [-0.05, 0) is 32.2 Å². The van der Waals surface area contributed by atoms with Gasteiger partial charge in [0.1, 0.15) is 0 Å². The van der Waals surface area contributed by atoms with E-state index in [4.69, 9.17) is 0 Å². The summed E-state index contributed by atoms with van der Waals surface area (Å²) >= 11 is 0. The highest BCUT2D eigenvalue weighted by molar-refractivity contribution is 5.05. The minimum absolute atomic E-state index is 0.690. The fourth-order valence-electron chi connectivity index (χ4n) is 2.44. The van der Waals surface area contributed by atoms with Crippen molar-refractivity contribution in [3.8, 4) is 0 Å². The smallest absolute Gasteiger partial charge is 0.0247 e. The van der Waals surface area contributed by atoms with Gasteiger partial charge >= 0.3 is 0 Å². The van der Waals surface area contributed by atoms with E-state index in [1.807, 2.05) is 0 Å². The van der Waals surface area contributed by atoms with Gasteiger partial charge in [-0.15, -0.1) is 0 Å². The van der Waals surface area contributed by atoms with Crippen LogP contribution < -0.4 is 5.32 Å². The van der Waals surface area contributed by atoms with Gasteiger partial charge in [-0.2, -0.15) is 0 Å². The fraction of sp³-hybridized carbons (Fsp3) is 0.857. The molecule has 0 saturated heterocycles. The van der Waals surface area contributed by atoms with Gasteiger partial charge in [-0.3, -0.25) is 4.90 Å². The lowest BCUT2D eigenvalue weighted by molar-refractivity contribution is 0.160. The van der Waals surface area contributed by atoms with Gasteiger partial charge < -0.3 is 5.32 Å². The summed E-state index contributed by atoms with van der Waals surface area (Å²) in [7, 11) is 0. The predicted molar refractivity (Wildman–Crippen MR) is 71.7 cm³/mol. The molecule has 0 aromatic rings. The summed E-state index contributed by atoms with van der Waals surface area (Å²) in [6.07, 6.45) is 4.83. The van der Waals surface area contributed by atoms with Crippen molar-refractivity contribution in [2.45, 2.75) is 46.6 Å².